The van der Waals surface area contributed by atoms with Crippen LogP contribution in [0.4, 0.5) is 0 Å². The first-order valence-electron chi connectivity index (χ1n) is 6.81. The Hall–Kier alpha value is -0.830. The van der Waals surface area contributed by atoms with Crippen molar-refractivity contribution in [2.75, 3.05) is 6.61 Å². The zero-order valence-electron chi connectivity index (χ0n) is 11.7. The lowest BCUT2D eigenvalue weighted by atomic mass is 9.79. The molecule has 0 bridgehead atoms. The molecule has 1 rings (SSSR count). The minimum Gasteiger partial charge on any atom is -0.396 e. The van der Waals surface area contributed by atoms with Gasteiger partial charge < -0.3 is 5.11 Å². The van der Waals surface area contributed by atoms with Crippen LogP contribution >= 0.6 is 0 Å². The van der Waals surface area contributed by atoms with Gasteiger partial charge in [-0.2, -0.15) is 5.10 Å². The van der Waals surface area contributed by atoms with Gasteiger partial charge in [-0.1, -0.05) is 20.8 Å². The first-order valence-corrected chi connectivity index (χ1v) is 6.81. The fraction of sp³-hybridized carbons (Fsp3) is 0.786. The van der Waals surface area contributed by atoms with Gasteiger partial charge >= 0.3 is 0 Å². The van der Waals surface area contributed by atoms with Crippen LogP contribution in [0, 0.1) is 5.41 Å². The van der Waals surface area contributed by atoms with Gasteiger partial charge in [0.1, 0.15) is 0 Å². The van der Waals surface area contributed by atoms with Crippen molar-refractivity contribution in [3.63, 3.8) is 0 Å². The van der Waals surface area contributed by atoms with E-state index in [-0.39, 0.29) is 12.0 Å². The van der Waals surface area contributed by atoms with Crippen LogP contribution in [0.25, 0.3) is 0 Å². The first-order chi connectivity index (χ1) is 8.14. The van der Waals surface area contributed by atoms with Crippen LogP contribution in [0.1, 0.15) is 51.9 Å². The third-order valence-corrected chi connectivity index (χ3v) is 3.97. The second-order valence-electron chi connectivity index (χ2n) is 4.84. The second-order valence-corrected chi connectivity index (χ2v) is 4.84. The van der Waals surface area contributed by atoms with Gasteiger partial charge in [-0.25, -0.2) is 0 Å². The number of aryl methyl sites for hydroxylation is 2. The minimum atomic E-state index is 0.0258. The summed E-state index contributed by atoms with van der Waals surface area (Å²) in [6.45, 7) is 9.74. The van der Waals surface area contributed by atoms with Crippen LogP contribution in [-0.4, -0.2) is 21.5 Å². The Morgan fingerprint density at radius 3 is 2.29 bits per heavy atom. The lowest BCUT2D eigenvalue weighted by molar-refractivity contribution is 0.112. The maximum absolute atomic E-state index is 9.64. The SMILES string of the molecule is CCc1cc(CC(CC)(CC)CO)n(CC)n1. The van der Waals surface area contributed by atoms with Gasteiger partial charge in [-0.3, -0.25) is 4.68 Å². The molecule has 98 valence electrons. The molecule has 3 nitrogen and oxygen atoms in total. The van der Waals surface area contributed by atoms with Crippen LogP contribution in [0.15, 0.2) is 6.07 Å². The highest BCUT2D eigenvalue weighted by molar-refractivity contribution is 5.12. The lowest BCUT2D eigenvalue weighted by Crippen LogP contribution is -2.27. The maximum atomic E-state index is 9.64. The Morgan fingerprint density at radius 1 is 1.24 bits per heavy atom. The van der Waals surface area contributed by atoms with Gasteiger partial charge in [-0.05, 0) is 44.1 Å². The van der Waals surface area contributed by atoms with Gasteiger partial charge in [0.05, 0.1) is 5.69 Å². The van der Waals surface area contributed by atoms with Crippen molar-refractivity contribution in [3.05, 3.63) is 17.5 Å². The number of hydrogen-bond acceptors (Lipinski definition) is 2. The molecular weight excluding hydrogens is 212 g/mol. The smallest absolute Gasteiger partial charge is 0.0624 e. The third-order valence-electron chi connectivity index (χ3n) is 3.97. The molecule has 0 saturated carbocycles. The molecule has 0 aliphatic carbocycles. The highest BCUT2D eigenvalue weighted by Crippen LogP contribution is 2.30. The van der Waals surface area contributed by atoms with E-state index in [0.717, 1.165) is 37.9 Å². The molecule has 3 heteroatoms. The van der Waals surface area contributed by atoms with E-state index in [9.17, 15) is 5.11 Å². The summed E-state index contributed by atoms with van der Waals surface area (Å²) in [7, 11) is 0. The fourth-order valence-corrected chi connectivity index (χ4v) is 2.27. The molecule has 0 radical (unpaired) electrons. The predicted molar refractivity (Wildman–Crippen MR) is 71.1 cm³/mol. The number of rotatable bonds is 7. The lowest BCUT2D eigenvalue weighted by Gasteiger charge is -2.29. The number of nitrogens with zero attached hydrogens (tertiary/aromatic N) is 2. The zero-order chi connectivity index (χ0) is 12.9. The summed E-state index contributed by atoms with van der Waals surface area (Å²) < 4.78 is 2.08. The molecule has 0 spiro atoms. The standard InChI is InChI=1S/C14H26N2O/c1-5-12-9-13(16(8-4)15-12)10-14(6-2,7-3)11-17/h9,17H,5-8,10-11H2,1-4H3. The molecule has 1 aromatic rings. The Balaban J connectivity index is 2.95. The molecule has 0 fully saturated rings. The molecule has 0 unspecified atom stereocenters. The Bertz CT molecular complexity index is 332. The fourth-order valence-electron chi connectivity index (χ4n) is 2.27. The highest BCUT2D eigenvalue weighted by Gasteiger charge is 2.27. The van der Waals surface area contributed by atoms with E-state index in [1.807, 2.05) is 0 Å². The summed E-state index contributed by atoms with van der Waals surface area (Å²) >= 11 is 0. The summed E-state index contributed by atoms with van der Waals surface area (Å²) in [5, 5.41) is 14.2. The van der Waals surface area contributed by atoms with E-state index in [4.69, 9.17) is 0 Å². The minimum absolute atomic E-state index is 0.0258. The summed E-state index contributed by atoms with van der Waals surface area (Å²) in [4.78, 5) is 0. The monoisotopic (exact) mass is 238 g/mol. The molecule has 0 saturated heterocycles. The molecule has 1 aromatic heterocycles. The second kappa shape index (κ2) is 6.20. The van der Waals surface area contributed by atoms with E-state index in [0.29, 0.717) is 0 Å². The molecule has 1 N–H and O–H groups in total. The molecule has 1 heterocycles. The molecular formula is C14H26N2O. The van der Waals surface area contributed by atoms with Crippen LogP contribution in [-0.2, 0) is 19.4 Å². The average Bonchev–Trinajstić information content (AvgIpc) is 2.78. The molecule has 0 aliphatic rings. The normalized spacial score (nSPS) is 12.1. The summed E-state index contributed by atoms with van der Waals surface area (Å²) in [6.07, 6.45) is 3.93. The van der Waals surface area contributed by atoms with Gasteiger partial charge in [0.15, 0.2) is 0 Å². The Morgan fingerprint density at radius 2 is 1.88 bits per heavy atom. The molecule has 0 aliphatic heterocycles. The summed E-state index contributed by atoms with van der Waals surface area (Å²) in [5.41, 5.74) is 2.45. The van der Waals surface area contributed by atoms with Crippen LogP contribution in [0.3, 0.4) is 0 Å². The average molecular weight is 238 g/mol. The summed E-state index contributed by atoms with van der Waals surface area (Å²) in [6, 6.07) is 2.19. The molecule has 0 atom stereocenters. The van der Waals surface area contributed by atoms with Crippen molar-refractivity contribution in [2.24, 2.45) is 5.41 Å². The number of aliphatic hydroxyl groups excluding tert-OH is 1. The quantitative estimate of drug-likeness (QED) is 0.793. The third kappa shape index (κ3) is 3.09. The number of hydrogen-bond donors (Lipinski definition) is 1. The van der Waals surface area contributed by atoms with E-state index in [2.05, 4.69) is 43.5 Å². The van der Waals surface area contributed by atoms with Crippen molar-refractivity contribution in [1.82, 2.24) is 9.78 Å². The summed E-state index contributed by atoms with van der Waals surface area (Å²) in [5.74, 6) is 0. The molecule has 0 aromatic carbocycles. The van der Waals surface area contributed by atoms with Crippen LogP contribution < -0.4 is 0 Å². The molecule has 17 heavy (non-hydrogen) atoms. The Kier molecular flexibility index (Phi) is 5.19. The van der Waals surface area contributed by atoms with E-state index in [1.54, 1.807) is 0 Å². The number of aliphatic hydroxyl groups is 1. The van der Waals surface area contributed by atoms with E-state index in [1.165, 1.54) is 5.69 Å². The van der Waals surface area contributed by atoms with Gasteiger partial charge in [-0.15, -0.1) is 0 Å². The topological polar surface area (TPSA) is 38.0 Å². The Labute approximate surface area is 105 Å². The maximum Gasteiger partial charge on any atom is 0.0624 e. The first kappa shape index (κ1) is 14.2. The van der Waals surface area contributed by atoms with Crippen molar-refractivity contribution >= 4 is 0 Å². The van der Waals surface area contributed by atoms with E-state index >= 15 is 0 Å². The highest BCUT2D eigenvalue weighted by atomic mass is 16.3. The van der Waals surface area contributed by atoms with Crippen molar-refractivity contribution in [1.29, 1.82) is 0 Å². The van der Waals surface area contributed by atoms with Crippen LogP contribution in [0.2, 0.25) is 0 Å². The van der Waals surface area contributed by atoms with Crippen molar-refractivity contribution < 1.29 is 5.11 Å². The zero-order valence-corrected chi connectivity index (χ0v) is 11.7. The van der Waals surface area contributed by atoms with Crippen LogP contribution in [0.5, 0.6) is 0 Å². The molecule has 0 amide bonds. The van der Waals surface area contributed by atoms with Gasteiger partial charge in [0.25, 0.3) is 0 Å². The number of aromatic nitrogens is 2. The predicted octanol–water partition coefficient (Wildman–Crippen LogP) is 2.81. The van der Waals surface area contributed by atoms with Gasteiger partial charge in [0.2, 0.25) is 0 Å². The van der Waals surface area contributed by atoms with Crippen molar-refractivity contribution in [2.45, 2.75) is 59.9 Å². The van der Waals surface area contributed by atoms with Crippen molar-refractivity contribution in [3.8, 4) is 0 Å². The largest absolute Gasteiger partial charge is 0.396 e. The van der Waals surface area contributed by atoms with Gasteiger partial charge in [0, 0.05) is 18.8 Å². The van der Waals surface area contributed by atoms with E-state index < -0.39 is 0 Å².